The van der Waals surface area contributed by atoms with E-state index < -0.39 is 17.4 Å². The number of para-hydroxylation sites is 3. The summed E-state index contributed by atoms with van der Waals surface area (Å²) in [4.78, 5) is 36.5. The zero-order valence-corrected chi connectivity index (χ0v) is 15.3. The molecule has 2 aromatic carbocycles. The molecule has 1 aliphatic rings. The fourth-order valence-corrected chi connectivity index (χ4v) is 3.12. The van der Waals surface area contributed by atoms with Crippen LogP contribution in [0.5, 0.6) is 11.5 Å². The van der Waals surface area contributed by atoms with Gasteiger partial charge in [0.15, 0.2) is 0 Å². The molecule has 29 heavy (non-hydrogen) atoms. The minimum absolute atomic E-state index is 0.0168. The number of benzene rings is 2. The van der Waals surface area contributed by atoms with Gasteiger partial charge in [-0.25, -0.2) is 0 Å². The molecule has 3 aromatic rings. The molecule has 0 saturated carbocycles. The van der Waals surface area contributed by atoms with E-state index in [1.54, 1.807) is 24.3 Å². The largest absolute Gasteiger partial charge is 0.490 e. The molecule has 3 N–H and O–H groups in total. The number of hydrogen-bond acceptors (Lipinski definition) is 6. The van der Waals surface area contributed by atoms with Crippen molar-refractivity contribution >= 4 is 17.6 Å². The van der Waals surface area contributed by atoms with Crippen molar-refractivity contribution in [2.45, 2.75) is 0 Å². The zero-order valence-electron chi connectivity index (χ0n) is 15.3. The molecule has 0 aliphatic carbocycles. The third-order valence-electron chi connectivity index (χ3n) is 4.41. The van der Waals surface area contributed by atoms with Crippen LogP contribution in [0.4, 0.5) is 5.82 Å². The third-order valence-corrected chi connectivity index (χ3v) is 4.41. The van der Waals surface area contributed by atoms with E-state index in [9.17, 15) is 14.4 Å². The number of hydrogen-bond donors (Lipinski definition) is 2. The number of nitrogens with zero attached hydrogens (tertiary/aromatic N) is 1. The van der Waals surface area contributed by atoms with Gasteiger partial charge in [0.05, 0.1) is 16.8 Å². The molecule has 0 unspecified atom stereocenters. The van der Waals surface area contributed by atoms with Crippen LogP contribution in [-0.2, 0) is 0 Å². The van der Waals surface area contributed by atoms with Gasteiger partial charge in [0.2, 0.25) is 0 Å². The monoisotopic (exact) mass is 391 g/mol. The number of aromatic nitrogens is 1. The first-order valence-electron chi connectivity index (χ1n) is 8.87. The van der Waals surface area contributed by atoms with Crippen LogP contribution in [-0.4, -0.2) is 29.6 Å². The van der Waals surface area contributed by atoms with Gasteiger partial charge in [-0.1, -0.05) is 30.3 Å². The Hall–Kier alpha value is -4.07. The number of amides is 2. The molecular formula is C21H17N3O5. The topological polar surface area (TPSA) is 113 Å². The average Bonchev–Trinajstić information content (AvgIpc) is 3.00. The van der Waals surface area contributed by atoms with Crippen LogP contribution < -0.4 is 26.1 Å². The molecule has 4 rings (SSSR count). The Balaban J connectivity index is 1.61. The van der Waals surface area contributed by atoms with Crippen molar-refractivity contribution in [3.8, 4) is 17.2 Å². The van der Waals surface area contributed by atoms with E-state index in [0.29, 0.717) is 18.0 Å². The fraction of sp³-hybridized carbons (Fsp3) is 0.0952. The van der Waals surface area contributed by atoms with Gasteiger partial charge in [0, 0.05) is 6.07 Å². The van der Waals surface area contributed by atoms with Crippen LogP contribution in [0.2, 0.25) is 0 Å². The summed E-state index contributed by atoms with van der Waals surface area (Å²) in [6.45, 7) is 0.522. The van der Waals surface area contributed by atoms with E-state index in [2.05, 4.69) is 5.32 Å². The van der Waals surface area contributed by atoms with Gasteiger partial charge < -0.3 is 15.2 Å². The number of carbonyl (C=O) groups excluding carboxylic acids is 2. The highest BCUT2D eigenvalue weighted by Gasteiger charge is 2.32. The maximum Gasteiger partial charge on any atom is 0.262 e. The number of pyridine rings is 1. The second-order valence-corrected chi connectivity index (χ2v) is 6.25. The fourth-order valence-electron chi connectivity index (χ4n) is 3.12. The van der Waals surface area contributed by atoms with Crippen molar-refractivity contribution in [2.24, 2.45) is 0 Å². The molecule has 0 atom stereocenters. The minimum Gasteiger partial charge on any atom is -0.490 e. The molecule has 8 nitrogen and oxygen atoms in total. The van der Waals surface area contributed by atoms with E-state index >= 15 is 0 Å². The summed E-state index contributed by atoms with van der Waals surface area (Å²) in [5.41, 5.74) is 5.87. The normalized spacial score (nSPS) is 12.4. The summed E-state index contributed by atoms with van der Waals surface area (Å²) < 4.78 is 12.5. The van der Waals surface area contributed by atoms with Gasteiger partial charge in [-0.3, -0.25) is 24.3 Å². The molecule has 1 aromatic heterocycles. The van der Waals surface area contributed by atoms with Crippen molar-refractivity contribution in [1.29, 1.82) is 0 Å². The quantitative estimate of drug-likeness (QED) is 0.489. The molecule has 0 radical (unpaired) electrons. The van der Waals surface area contributed by atoms with E-state index in [1.165, 1.54) is 0 Å². The lowest BCUT2D eigenvalue weighted by Crippen LogP contribution is -2.24. The Morgan fingerprint density at radius 1 is 0.862 bits per heavy atom. The Bertz CT molecular complexity index is 1150. The van der Waals surface area contributed by atoms with Crippen molar-refractivity contribution in [3.63, 3.8) is 0 Å². The summed E-state index contributed by atoms with van der Waals surface area (Å²) in [7, 11) is 0. The van der Waals surface area contributed by atoms with Crippen LogP contribution in [0, 0.1) is 0 Å². The number of imide groups is 1. The number of ether oxygens (including phenoxy) is 2. The molecule has 146 valence electrons. The molecule has 0 spiro atoms. The number of nitrogens with two attached hydrogens (primary N) is 1. The summed E-state index contributed by atoms with van der Waals surface area (Å²) in [6, 6.07) is 17.2. The molecular weight excluding hydrogens is 374 g/mol. The lowest BCUT2D eigenvalue weighted by Gasteiger charge is -2.16. The highest BCUT2D eigenvalue weighted by Crippen LogP contribution is 2.27. The summed E-state index contributed by atoms with van der Waals surface area (Å²) >= 11 is 0. The van der Waals surface area contributed by atoms with Crippen LogP contribution >= 0.6 is 0 Å². The summed E-state index contributed by atoms with van der Waals surface area (Å²) in [5.74, 6) is -0.274. The molecule has 0 bridgehead atoms. The molecule has 8 heteroatoms. The second-order valence-electron chi connectivity index (χ2n) is 6.25. The van der Waals surface area contributed by atoms with Gasteiger partial charge in [0.1, 0.15) is 30.5 Å². The number of fused-ring (bicyclic) bond motifs is 1. The summed E-state index contributed by atoms with van der Waals surface area (Å²) in [5, 5.41) is 2.14. The third kappa shape index (κ3) is 3.43. The first kappa shape index (κ1) is 18.3. The number of anilines is 1. The molecule has 0 saturated heterocycles. The van der Waals surface area contributed by atoms with Crippen molar-refractivity contribution in [3.05, 3.63) is 82.1 Å². The van der Waals surface area contributed by atoms with Gasteiger partial charge in [-0.15, -0.1) is 0 Å². The predicted octanol–water partition coefficient (Wildman–Crippen LogP) is 1.76. The Labute approximate surface area is 165 Å². The number of rotatable bonds is 6. The maximum atomic E-state index is 12.6. The smallest absolute Gasteiger partial charge is 0.262 e. The number of nitrogen functional groups attached to an aromatic ring is 1. The van der Waals surface area contributed by atoms with Crippen LogP contribution in [0.3, 0.4) is 0 Å². The molecule has 1 aliphatic heterocycles. The maximum absolute atomic E-state index is 12.6. The molecule has 2 amide bonds. The SMILES string of the molecule is Nc1c2c(cc(=O)n1-c1ccccc1OCCOc1ccccc1)C(=O)NC2=O. The van der Waals surface area contributed by atoms with Crippen LogP contribution in [0.1, 0.15) is 20.7 Å². The Kier molecular flexibility index (Phi) is 4.74. The van der Waals surface area contributed by atoms with E-state index in [4.69, 9.17) is 15.2 Å². The molecule has 0 fully saturated rings. The van der Waals surface area contributed by atoms with Gasteiger partial charge in [0.25, 0.3) is 17.4 Å². The van der Waals surface area contributed by atoms with E-state index in [1.807, 2.05) is 30.3 Å². The lowest BCUT2D eigenvalue weighted by atomic mass is 10.1. The molecule has 2 heterocycles. The minimum atomic E-state index is -0.636. The number of nitrogens with one attached hydrogen (secondary N) is 1. The van der Waals surface area contributed by atoms with Crippen LogP contribution in [0.15, 0.2) is 65.5 Å². The van der Waals surface area contributed by atoms with Gasteiger partial charge in [-0.05, 0) is 24.3 Å². The van der Waals surface area contributed by atoms with E-state index in [-0.39, 0.29) is 23.6 Å². The Morgan fingerprint density at radius 3 is 2.34 bits per heavy atom. The highest BCUT2D eigenvalue weighted by atomic mass is 16.5. The van der Waals surface area contributed by atoms with Crippen molar-refractivity contribution in [2.75, 3.05) is 18.9 Å². The highest BCUT2D eigenvalue weighted by molar-refractivity contribution is 6.23. The second kappa shape index (κ2) is 7.51. The standard InChI is InChI=1S/C21H17N3O5/c22-19-18-14(20(26)23-21(18)27)12-17(25)24(19)15-8-4-5-9-16(15)29-11-10-28-13-6-2-1-3-7-13/h1-9,12H,10-11,22H2,(H,23,26,27). The Morgan fingerprint density at radius 2 is 1.55 bits per heavy atom. The first-order valence-corrected chi connectivity index (χ1v) is 8.87. The first-order chi connectivity index (χ1) is 14.1. The summed E-state index contributed by atoms with van der Waals surface area (Å²) in [6.07, 6.45) is 0. The van der Waals surface area contributed by atoms with Gasteiger partial charge >= 0.3 is 0 Å². The van der Waals surface area contributed by atoms with Gasteiger partial charge in [-0.2, -0.15) is 0 Å². The average molecular weight is 391 g/mol. The van der Waals surface area contributed by atoms with Crippen molar-refractivity contribution < 1.29 is 19.1 Å². The predicted molar refractivity (Wildman–Crippen MR) is 106 cm³/mol. The number of carbonyl (C=O) groups is 2. The zero-order chi connectivity index (χ0) is 20.4. The van der Waals surface area contributed by atoms with Crippen LogP contribution in [0.25, 0.3) is 5.69 Å². The van der Waals surface area contributed by atoms with Crippen molar-refractivity contribution in [1.82, 2.24) is 9.88 Å². The van der Waals surface area contributed by atoms with E-state index in [0.717, 1.165) is 16.4 Å². The lowest BCUT2D eigenvalue weighted by molar-refractivity contribution is 0.0880.